The van der Waals surface area contributed by atoms with Crippen LogP contribution in [0, 0.1) is 11.8 Å². The second-order valence-corrected chi connectivity index (χ2v) is 4.99. The molecular formula is C13H23N. The van der Waals surface area contributed by atoms with Crippen LogP contribution in [0.2, 0.25) is 0 Å². The van der Waals surface area contributed by atoms with Crippen molar-refractivity contribution in [3.63, 3.8) is 0 Å². The lowest BCUT2D eigenvalue weighted by Gasteiger charge is -2.29. The van der Waals surface area contributed by atoms with Crippen molar-refractivity contribution in [1.82, 2.24) is 5.32 Å². The maximum atomic E-state index is 3.76. The first-order valence-corrected chi connectivity index (χ1v) is 6.24. The van der Waals surface area contributed by atoms with Gasteiger partial charge in [-0.1, -0.05) is 18.9 Å². The molecule has 2 aliphatic rings. The van der Waals surface area contributed by atoms with E-state index in [-0.39, 0.29) is 0 Å². The highest BCUT2D eigenvalue weighted by molar-refractivity contribution is 4.88. The summed E-state index contributed by atoms with van der Waals surface area (Å²) in [6, 6.07) is 0.814. The Morgan fingerprint density at radius 1 is 1.14 bits per heavy atom. The molecule has 0 aromatic carbocycles. The quantitative estimate of drug-likeness (QED) is 0.522. The van der Waals surface area contributed by atoms with E-state index in [4.69, 9.17) is 0 Å². The Labute approximate surface area is 88.0 Å². The summed E-state index contributed by atoms with van der Waals surface area (Å²) in [5, 5.41) is 3.66. The van der Waals surface area contributed by atoms with Gasteiger partial charge >= 0.3 is 0 Å². The summed E-state index contributed by atoms with van der Waals surface area (Å²) in [7, 11) is 0. The Hall–Kier alpha value is -0.300. The first-order chi connectivity index (χ1) is 6.90. The Bertz CT molecular complexity index is 184. The van der Waals surface area contributed by atoms with Gasteiger partial charge in [-0.15, -0.1) is 6.58 Å². The molecule has 1 heteroatoms. The van der Waals surface area contributed by atoms with Crippen LogP contribution >= 0.6 is 0 Å². The molecule has 1 nitrogen and oxygen atoms in total. The van der Waals surface area contributed by atoms with Crippen molar-refractivity contribution >= 4 is 0 Å². The monoisotopic (exact) mass is 193 g/mol. The molecular weight excluding hydrogens is 170 g/mol. The molecule has 2 aliphatic carbocycles. The maximum absolute atomic E-state index is 3.76. The number of hydrogen-bond donors (Lipinski definition) is 1. The van der Waals surface area contributed by atoms with Crippen LogP contribution in [-0.2, 0) is 0 Å². The summed E-state index contributed by atoms with van der Waals surface area (Å²) >= 11 is 0. The second-order valence-electron chi connectivity index (χ2n) is 4.99. The summed E-state index contributed by atoms with van der Waals surface area (Å²) < 4.78 is 0. The molecule has 0 heterocycles. The molecule has 2 atom stereocenters. The van der Waals surface area contributed by atoms with Crippen molar-refractivity contribution in [1.29, 1.82) is 0 Å². The fourth-order valence-electron chi connectivity index (χ4n) is 2.80. The minimum absolute atomic E-state index is 0.814. The molecule has 0 radical (unpaired) electrons. The molecule has 2 rings (SSSR count). The van der Waals surface area contributed by atoms with Gasteiger partial charge in [-0.25, -0.2) is 0 Å². The SMILES string of the molecule is C=CCCNC1CCCC(C2CC2)C1. The Kier molecular flexibility index (Phi) is 3.63. The van der Waals surface area contributed by atoms with Crippen LogP contribution < -0.4 is 5.32 Å². The van der Waals surface area contributed by atoms with E-state index in [0.29, 0.717) is 0 Å². The Morgan fingerprint density at radius 3 is 2.71 bits per heavy atom. The molecule has 0 spiro atoms. The zero-order chi connectivity index (χ0) is 9.80. The van der Waals surface area contributed by atoms with Gasteiger partial charge in [0.15, 0.2) is 0 Å². The molecule has 80 valence electrons. The number of nitrogens with one attached hydrogen (secondary N) is 1. The highest BCUT2D eigenvalue weighted by atomic mass is 14.9. The van der Waals surface area contributed by atoms with Gasteiger partial charge in [0.1, 0.15) is 0 Å². The fourth-order valence-corrected chi connectivity index (χ4v) is 2.80. The van der Waals surface area contributed by atoms with Gasteiger partial charge in [-0.2, -0.15) is 0 Å². The van der Waals surface area contributed by atoms with Gasteiger partial charge < -0.3 is 5.32 Å². The van der Waals surface area contributed by atoms with Crippen LogP contribution in [0.5, 0.6) is 0 Å². The largest absolute Gasteiger partial charge is 0.314 e. The average molecular weight is 193 g/mol. The van der Waals surface area contributed by atoms with E-state index in [1.165, 1.54) is 38.5 Å². The first-order valence-electron chi connectivity index (χ1n) is 6.24. The van der Waals surface area contributed by atoms with Crippen molar-refractivity contribution in [3.05, 3.63) is 12.7 Å². The highest BCUT2D eigenvalue weighted by Gasteiger charge is 2.34. The summed E-state index contributed by atoms with van der Waals surface area (Å²) in [5.74, 6) is 2.17. The van der Waals surface area contributed by atoms with Crippen molar-refractivity contribution in [2.45, 2.75) is 51.0 Å². The van der Waals surface area contributed by atoms with Crippen molar-refractivity contribution in [2.24, 2.45) is 11.8 Å². The van der Waals surface area contributed by atoms with Gasteiger partial charge in [0.05, 0.1) is 0 Å². The molecule has 2 fully saturated rings. The Balaban J connectivity index is 1.67. The Morgan fingerprint density at radius 2 is 2.00 bits per heavy atom. The second kappa shape index (κ2) is 4.97. The summed E-state index contributed by atoms with van der Waals surface area (Å²) in [4.78, 5) is 0. The molecule has 2 saturated carbocycles. The first kappa shape index (κ1) is 10.2. The number of hydrogen-bond acceptors (Lipinski definition) is 1. The minimum atomic E-state index is 0.814. The lowest BCUT2D eigenvalue weighted by molar-refractivity contribution is 0.262. The molecule has 0 aromatic heterocycles. The minimum Gasteiger partial charge on any atom is -0.314 e. The lowest BCUT2D eigenvalue weighted by Crippen LogP contribution is -2.35. The molecule has 0 bridgehead atoms. The highest BCUT2D eigenvalue weighted by Crippen LogP contribution is 2.43. The zero-order valence-corrected chi connectivity index (χ0v) is 9.17. The molecule has 14 heavy (non-hydrogen) atoms. The van der Waals surface area contributed by atoms with E-state index < -0.39 is 0 Å². The third kappa shape index (κ3) is 2.84. The number of rotatable bonds is 5. The molecule has 2 unspecified atom stereocenters. The van der Waals surface area contributed by atoms with Crippen LogP contribution in [0.4, 0.5) is 0 Å². The van der Waals surface area contributed by atoms with Crippen LogP contribution in [0.1, 0.15) is 44.9 Å². The van der Waals surface area contributed by atoms with Gasteiger partial charge in [0.25, 0.3) is 0 Å². The molecule has 0 amide bonds. The van der Waals surface area contributed by atoms with Crippen molar-refractivity contribution < 1.29 is 0 Å². The van der Waals surface area contributed by atoms with E-state index in [9.17, 15) is 0 Å². The van der Waals surface area contributed by atoms with E-state index in [1.807, 2.05) is 6.08 Å². The van der Waals surface area contributed by atoms with E-state index in [2.05, 4.69) is 11.9 Å². The van der Waals surface area contributed by atoms with E-state index in [0.717, 1.165) is 30.8 Å². The van der Waals surface area contributed by atoms with Gasteiger partial charge in [-0.05, 0) is 50.5 Å². The predicted molar refractivity (Wildman–Crippen MR) is 61.3 cm³/mol. The molecule has 1 N–H and O–H groups in total. The lowest BCUT2D eigenvalue weighted by atomic mass is 9.83. The van der Waals surface area contributed by atoms with Crippen molar-refractivity contribution in [2.75, 3.05) is 6.54 Å². The summed E-state index contributed by atoms with van der Waals surface area (Å²) in [6.45, 7) is 4.89. The third-order valence-electron chi connectivity index (χ3n) is 3.78. The topological polar surface area (TPSA) is 12.0 Å². The van der Waals surface area contributed by atoms with E-state index in [1.54, 1.807) is 0 Å². The van der Waals surface area contributed by atoms with E-state index >= 15 is 0 Å². The van der Waals surface area contributed by atoms with Crippen LogP contribution in [-0.4, -0.2) is 12.6 Å². The van der Waals surface area contributed by atoms with Gasteiger partial charge in [0.2, 0.25) is 0 Å². The van der Waals surface area contributed by atoms with Crippen molar-refractivity contribution in [3.8, 4) is 0 Å². The fraction of sp³-hybridized carbons (Fsp3) is 0.846. The normalized spacial score (nSPS) is 32.9. The molecule has 0 saturated heterocycles. The van der Waals surface area contributed by atoms with Crippen LogP contribution in [0.3, 0.4) is 0 Å². The molecule has 0 aromatic rings. The van der Waals surface area contributed by atoms with Crippen LogP contribution in [0.25, 0.3) is 0 Å². The van der Waals surface area contributed by atoms with Crippen LogP contribution in [0.15, 0.2) is 12.7 Å². The average Bonchev–Trinajstić information content (AvgIpc) is 3.02. The standard InChI is InChI=1S/C13H23N/c1-2-3-9-14-13-6-4-5-12(10-13)11-7-8-11/h2,11-14H,1,3-10H2. The molecule has 0 aliphatic heterocycles. The predicted octanol–water partition coefficient (Wildman–Crippen LogP) is 3.12. The summed E-state index contributed by atoms with van der Waals surface area (Å²) in [6.07, 6.45) is 12.0. The zero-order valence-electron chi connectivity index (χ0n) is 9.17. The summed E-state index contributed by atoms with van der Waals surface area (Å²) in [5.41, 5.74) is 0. The maximum Gasteiger partial charge on any atom is 0.00699 e. The van der Waals surface area contributed by atoms with Gasteiger partial charge in [0, 0.05) is 6.04 Å². The third-order valence-corrected chi connectivity index (χ3v) is 3.78. The van der Waals surface area contributed by atoms with Gasteiger partial charge in [-0.3, -0.25) is 0 Å². The smallest absolute Gasteiger partial charge is 0.00699 e.